The molecule has 0 aliphatic rings. The molecule has 0 saturated heterocycles. The van der Waals surface area contributed by atoms with Crippen molar-refractivity contribution in [1.82, 2.24) is 10.3 Å². The number of benzene rings is 1. The highest BCUT2D eigenvalue weighted by molar-refractivity contribution is 9.10. The number of carbonyl (C=O) groups excluding carboxylic acids is 1. The van der Waals surface area contributed by atoms with E-state index in [1.54, 1.807) is 19.2 Å². The molecule has 1 heterocycles. The number of carbonyl (C=O) groups is 1. The summed E-state index contributed by atoms with van der Waals surface area (Å²) < 4.78 is 0.847. The Labute approximate surface area is 99.9 Å². The highest BCUT2D eigenvalue weighted by atomic mass is 79.9. The van der Waals surface area contributed by atoms with Gasteiger partial charge < -0.3 is 10.3 Å². The van der Waals surface area contributed by atoms with Gasteiger partial charge in [0, 0.05) is 21.9 Å². The second-order valence-corrected chi connectivity index (χ2v) is 4.40. The van der Waals surface area contributed by atoms with Gasteiger partial charge in [-0.15, -0.1) is 0 Å². The van der Waals surface area contributed by atoms with Crippen LogP contribution in [-0.2, 0) is 0 Å². The molecule has 3 nitrogen and oxygen atoms in total. The second-order valence-electron chi connectivity index (χ2n) is 3.11. The van der Waals surface area contributed by atoms with Gasteiger partial charge in [-0.05, 0) is 34.1 Å². The molecule has 2 rings (SSSR count). The lowest BCUT2D eigenvalue weighted by atomic mass is 10.2. The van der Waals surface area contributed by atoms with E-state index in [4.69, 9.17) is 11.6 Å². The quantitative estimate of drug-likeness (QED) is 0.832. The van der Waals surface area contributed by atoms with Gasteiger partial charge in [-0.1, -0.05) is 11.6 Å². The molecule has 0 fully saturated rings. The molecule has 0 spiro atoms. The van der Waals surface area contributed by atoms with Gasteiger partial charge in [0.1, 0.15) is 5.69 Å². The minimum absolute atomic E-state index is 0.144. The smallest absolute Gasteiger partial charge is 0.267 e. The number of halogens is 2. The molecule has 0 bridgehead atoms. The first-order valence-electron chi connectivity index (χ1n) is 4.31. The highest BCUT2D eigenvalue weighted by Crippen LogP contribution is 2.28. The van der Waals surface area contributed by atoms with E-state index in [0.29, 0.717) is 10.7 Å². The lowest BCUT2D eigenvalue weighted by Gasteiger charge is -1.95. The summed E-state index contributed by atoms with van der Waals surface area (Å²) in [6, 6.07) is 5.36. The van der Waals surface area contributed by atoms with Gasteiger partial charge in [0.25, 0.3) is 5.91 Å². The Bertz CT molecular complexity index is 535. The molecule has 2 aromatic rings. The maximum Gasteiger partial charge on any atom is 0.267 e. The summed E-state index contributed by atoms with van der Waals surface area (Å²) in [5, 5.41) is 4.10. The fourth-order valence-corrected chi connectivity index (χ4v) is 2.36. The van der Waals surface area contributed by atoms with Gasteiger partial charge in [0.15, 0.2) is 0 Å². The molecule has 1 aromatic heterocycles. The Kier molecular flexibility index (Phi) is 2.71. The number of aromatic nitrogens is 1. The van der Waals surface area contributed by atoms with Crippen molar-refractivity contribution < 1.29 is 4.79 Å². The number of amides is 1. The average molecular weight is 288 g/mol. The maximum absolute atomic E-state index is 11.4. The summed E-state index contributed by atoms with van der Waals surface area (Å²) in [7, 11) is 1.59. The topological polar surface area (TPSA) is 44.9 Å². The molecular formula is C10H8BrClN2O. The van der Waals surface area contributed by atoms with E-state index in [1.165, 1.54) is 0 Å². The Balaban J connectivity index is 2.65. The first kappa shape index (κ1) is 10.5. The molecule has 0 aliphatic heterocycles. The van der Waals surface area contributed by atoms with Gasteiger partial charge in [-0.2, -0.15) is 0 Å². The van der Waals surface area contributed by atoms with Crippen LogP contribution in [0.15, 0.2) is 22.7 Å². The molecule has 5 heteroatoms. The standard InChI is InChI=1S/C10H8BrClN2O/c1-13-10(15)8-3-5-2-6(12)4-7(11)9(5)14-8/h2-4,14H,1H3,(H,13,15). The van der Waals surface area contributed by atoms with Crippen LogP contribution in [0.4, 0.5) is 0 Å². The molecule has 15 heavy (non-hydrogen) atoms. The van der Waals surface area contributed by atoms with E-state index in [2.05, 4.69) is 26.2 Å². The number of hydrogen-bond acceptors (Lipinski definition) is 1. The molecule has 2 N–H and O–H groups in total. The second kappa shape index (κ2) is 3.87. The minimum Gasteiger partial charge on any atom is -0.354 e. The Morgan fingerprint density at radius 2 is 2.20 bits per heavy atom. The Morgan fingerprint density at radius 3 is 2.87 bits per heavy atom. The largest absolute Gasteiger partial charge is 0.354 e. The molecule has 0 unspecified atom stereocenters. The van der Waals surface area contributed by atoms with Crippen LogP contribution in [0.5, 0.6) is 0 Å². The van der Waals surface area contributed by atoms with Crippen LogP contribution < -0.4 is 5.32 Å². The normalized spacial score (nSPS) is 10.6. The summed E-state index contributed by atoms with van der Waals surface area (Å²) >= 11 is 9.29. The van der Waals surface area contributed by atoms with Crippen LogP contribution in [0.1, 0.15) is 10.5 Å². The fourth-order valence-electron chi connectivity index (χ4n) is 1.42. The van der Waals surface area contributed by atoms with Gasteiger partial charge in [0.05, 0.1) is 5.52 Å². The summed E-state index contributed by atoms with van der Waals surface area (Å²) in [4.78, 5) is 14.4. The molecule has 0 aliphatic carbocycles. The van der Waals surface area contributed by atoms with E-state index < -0.39 is 0 Å². The number of aromatic amines is 1. The van der Waals surface area contributed by atoms with Gasteiger partial charge in [-0.3, -0.25) is 4.79 Å². The molecular weight excluding hydrogens is 279 g/mol. The molecule has 0 radical (unpaired) electrons. The van der Waals surface area contributed by atoms with Crippen molar-refractivity contribution in [3.63, 3.8) is 0 Å². The lowest BCUT2D eigenvalue weighted by molar-refractivity contribution is 0.0959. The van der Waals surface area contributed by atoms with Crippen molar-refractivity contribution in [1.29, 1.82) is 0 Å². The number of hydrogen-bond donors (Lipinski definition) is 2. The van der Waals surface area contributed by atoms with Crippen LogP contribution in [0.2, 0.25) is 5.02 Å². The number of nitrogens with one attached hydrogen (secondary N) is 2. The monoisotopic (exact) mass is 286 g/mol. The minimum atomic E-state index is -0.144. The summed E-state index contributed by atoms with van der Waals surface area (Å²) in [5.41, 5.74) is 1.40. The van der Waals surface area contributed by atoms with Gasteiger partial charge in [-0.25, -0.2) is 0 Å². The number of fused-ring (bicyclic) bond motifs is 1. The van der Waals surface area contributed by atoms with Gasteiger partial charge in [0.2, 0.25) is 0 Å². The van der Waals surface area contributed by atoms with Crippen LogP contribution in [0.25, 0.3) is 10.9 Å². The predicted molar refractivity (Wildman–Crippen MR) is 64.4 cm³/mol. The summed E-state index contributed by atoms with van der Waals surface area (Å²) in [6.07, 6.45) is 0. The van der Waals surface area contributed by atoms with Crippen molar-refractivity contribution in [3.8, 4) is 0 Å². The SMILES string of the molecule is CNC(=O)c1cc2cc(Cl)cc(Br)c2[nH]1. The van der Waals surface area contributed by atoms with Crippen LogP contribution in [0.3, 0.4) is 0 Å². The van der Waals surface area contributed by atoms with Crippen LogP contribution in [0, 0.1) is 0 Å². The van der Waals surface area contributed by atoms with Crippen LogP contribution in [-0.4, -0.2) is 17.9 Å². The van der Waals surface area contributed by atoms with E-state index in [0.717, 1.165) is 15.4 Å². The zero-order valence-corrected chi connectivity index (χ0v) is 10.2. The lowest BCUT2D eigenvalue weighted by Crippen LogP contribution is -2.17. The number of H-pyrrole nitrogens is 1. The van der Waals surface area contributed by atoms with E-state index in [1.807, 2.05) is 6.07 Å². The van der Waals surface area contributed by atoms with Crippen LogP contribution >= 0.6 is 27.5 Å². The van der Waals surface area contributed by atoms with Gasteiger partial charge >= 0.3 is 0 Å². The van der Waals surface area contributed by atoms with E-state index in [-0.39, 0.29) is 5.91 Å². The van der Waals surface area contributed by atoms with E-state index in [9.17, 15) is 4.79 Å². The zero-order valence-electron chi connectivity index (χ0n) is 7.90. The third-order valence-corrected chi connectivity index (χ3v) is 2.96. The molecule has 0 atom stereocenters. The van der Waals surface area contributed by atoms with Crippen molar-refractivity contribution in [3.05, 3.63) is 33.4 Å². The third kappa shape index (κ3) is 1.87. The van der Waals surface area contributed by atoms with E-state index >= 15 is 0 Å². The Hall–Kier alpha value is -1.00. The molecule has 78 valence electrons. The first-order chi connectivity index (χ1) is 7.11. The van der Waals surface area contributed by atoms with Crippen molar-refractivity contribution >= 4 is 44.3 Å². The zero-order chi connectivity index (χ0) is 11.0. The summed E-state index contributed by atoms with van der Waals surface area (Å²) in [6.45, 7) is 0. The first-order valence-corrected chi connectivity index (χ1v) is 5.49. The predicted octanol–water partition coefficient (Wildman–Crippen LogP) is 2.94. The molecule has 0 saturated carbocycles. The van der Waals surface area contributed by atoms with Crippen molar-refractivity contribution in [2.75, 3.05) is 7.05 Å². The summed E-state index contributed by atoms with van der Waals surface area (Å²) in [5.74, 6) is -0.144. The highest BCUT2D eigenvalue weighted by Gasteiger charge is 2.09. The fraction of sp³-hybridized carbons (Fsp3) is 0.100. The third-order valence-electron chi connectivity index (χ3n) is 2.12. The maximum atomic E-state index is 11.4. The molecule has 1 amide bonds. The van der Waals surface area contributed by atoms with Crippen molar-refractivity contribution in [2.24, 2.45) is 0 Å². The molecule has 1 aromatic carbocycles. The Morgan fingerprint density at radius 1 is 1.47 bits per heavy atom. The number of rotatable bonds is 1. The average Bonchev–Trinajstić information content (AvgIpc) is 2.60. The van der Waals surface area contributed by atoms with Crippen molar-refractivity contribution in [2.45, 2.75) is 0 Å².